The Hall–Kier alpha value is -0.930. The molecule has 1 N–H and O–H groups in total. The third kappa shape index (κ3) is 4.29. The maximum atomic E-state index is 14.0. The number of nitrogens with one attached hydrogen (secondary N) is 1. The monoisotopic (exact) mass is 278 g/mol. The summed E-state index contributed by atoms with van der Waals surface area (Å²) in [6, 6.07) is 6.58. The average Bonchev–Trinajstić information content (AvgIpc) is 2.93. The summed E-state index contributed by atoms with van der Waals surface area (Å²) in [5.41, 5.74) is 1.98. The number of benzene rings is 1. The Morgan fingerprint density at radius 2 is 2.00 bits per heavy atom. The highest BCUT2D eigenvalue weighted by atomic mass is 19.1. The molecule has 3 heteroatoms. The number of nitrogens with zero attached hydrogens (tertiary/aromatic N) is 1. The van der Waals surface area contributed by atoms with Gasteiger partial charge in [0.25, 0.3) is 0 Å². The van der Waals surface area contributed by atoms with E-state index in [4.69, 9.17) is 0 Å². The van der Waals surface area contributed by atoms with E-state index in [1.165, 1.54) is 25.7 Å². The van der Waals surface area contributed by atoms with E-state index in [1.807, 2.05) is 12.1 Å². The Morgan fingerprint density at radius 3 is 2.65 bits per heavy atom. The van der Waals surface area contributed by atoms with Crippen molar-refractivity contribution in [2.24, 2.45) is 0 Å². The van der Waals surface area contributed by atoms with Gasteiger partial charge in [0.2, 0.25) is 0 Å². The maximum absolute atomic E-state index is 14.0. The molecule has 2 nitrogen and oxygen atoms in total. The largest absolute Gasteiger partial charge is 0.310 e. The van der Waals surface area contributed by atoms with E-state index in [0.717, 1.165) is 17.7 Å². The molecule has 0 spiro atoms. The third-order valence-electron chi connectivity index (χ3n) is 4.19. The van der Waals surface area contributed by atoms with E-state index in [-0.39, 0.29) is 5.82 Å². The zero-order valence-electron chi connectivity index (χ0n) is 13.0. The van der Waals surface area contributed by atoms with Gasteiger partial charge >= 0.3 is 0 Å². The smallest absolute Gasteiger partial charge is 0.127 e. The maximum Gasteiger partial charge on any atom is 0.127 e. The molecule has 1 aliphatic carbocycles. The standard InChI is InChI=1S/C17H27FN2/c1-13(2)19-11-14-8-9-17(18)15(10-14)12-20(3)16-6-4-5-7-16/h8-10,13,16,19H,4-7,11-12H2,1-3H3. The van der Waals surface area contributed by atoms with E-state index in [1.54, 1.807) is 6.07 Å². The fraction of sp³-hybridized carbons (Fsp3) is 0.647. The first-order valence-corrected chi connectivity index (χ1v) is 7.77. The molecule has 1 saturated carbocycles. The molecular formula is C17H27FN2. The first-order chi connectivity index (χ1) is 9.56. The number of halogens is 1. The molecular weight excluding hydrogens is 251 g/mol. The number of hydrogen-bond acceptors (Lipinski definition) is 2. The summed E-state index contributed by atoms with van der Waals surface area (Å²) in [5.74, 6) is -0.0804. The van der Waals surface area contributed by atoms with Crippen LogP contribution in [0.1, 0.15) is 50.7 Å². The Balaban J connectivity index is 2.00. The fourth-order valence-corrected chi connectivity index (χ4v) is 2.92. The van der Waals surface area contributed by atoms with Crippen LogP contribution >= 0.6 is 0 Å². The highest BCUT2D eigenvalue weighted by Gasteiger charge is 2.20. The first-order valence-electron chi connectivity index (χ1n) is 7.77. The molecule has 0 unspecified atom stereocenters. The van der Waals surface area contributed by atoms with Gasteiger partial charge in [0, 0.05) is 30.7 Å². The lowest BCUT2D eigenvalue weighted by Gasteiger charge is -2.24. The SMILES string of the molecule is CC(C)NCc1ccc(F)c(CN(C)C2CCCC2)c1. The molecule has 0 bridgehead atoms. The van der Waals surface area contributed by atoms with Crippen LogP contribution in [-0.4, -0.2) is 24.0 Å². The first kappa shape index (κ1) is 15.5. The van der Waals surface area contributed by atoms with Crippen LogP contribution in [0.4, 0.5) is 4.39 Å². The Kier molecular flexibility index (Phi) is 5.55. The molecule has 0 saturated heterocycles. The fourth-order valence-electron chi connectivity index (χ4n) is 2.92. The summed E-state index contributed by atoms with van der Waals surface area (Å²) in [6.07, 6.45) is 5.14. The zero-order chi connectivity index (χ0) is 14.5. The van der Waals surface area contributed by atoms with Gasteiger partial charge in [-0.2, -0.15) is 0 Å². The Bertz CT molecular complexity index is 425. The Morgan fingerprint density at radius 1 is 1.30 bits per heavy atom. The van der Waals surface area contributed by atoms with Gasteiger partial charge in [0.05, 0.1) is 0 Å². The summed E-state index contributed by atoms with van der Waals surface area (Å²) in [4.78, 5) is 2.31. The van der Waals surface area contributed by atoms with Gasteiger partial charge in [-0.25, -0.2) is 4.39 Å². The van der Waals surface area contributed by atoms with Gasteiger partial charge < -0.3 is 5.32 Å². The minimum atomic E-state index is -0.0804. The third-order valence-corrected chi connectivity index (χ3v) is 4.19. The van der Waals surface area contributed by atoms with Crippen LogP contribution in [-0.2, 0) is 13.1 Å². The van der Waals surface area contributed by atoms with Gasteiger partial charge in [-0.15, -0.1) is 0 Å². The zero-order valence-corrected chi connectivity index (χ0v) is 13.0. The molecule has 1 fully saturated rings. The number of hydrogen-bond donors (Lipinski definition) is 1. The van der Waals surface area contributed by atoms with E-state index in [2.05, 4.69) is 31.1 Å². The van der Waals surface area contributed by atoms with E-state index < -0.39 is 0 Å². The van der Waals surface area contributed by atoms with Gasteiger partial charge in [0.15, 0.2) is 0 Å². The lowest BCUT2D eigenvalue weighted by Crippen LogP contribution is -2.29. The predicted octanol–water partition coefficient (Wildman–Crippen LogP) is 3.70. The molecule has 112 valence electrons. The van der Waals surface area contributed by atoms with Crippen LogP contribution in [0.25, 0.3) is 0 Å². The second-order valence-corrected chi connectivity index (χ2v) is 6.31. The summed E-state index contributed by atoms with van der Waals surface area (Å²) in [5, 5.41) is 3.38. The molecule has 1 aromatic rings. The van der Waals surface area contributed by atoms with Crippen molar-refractivity contribution in [2.45, 2.75) is 64.7 Å². The number of rotatable bonds is 6. The van der Waals surface area contributed by atoms with Crippen LogP contribution in [0.2, 0.25) is 0 Å². The van der Waals surface area contributed by atoms with E-state index in [0.29, 0.717) is 18.6 Å². The van der Waals surface area contributed by atoms with Crippen molar-refractivity contribution in [2.75, 3.05) is 7.05 Å². The van der Waals surface area contributed by atoms with Crippen molar-refractivity contribution in [3.63, 3.8) is 0 Å². The van der Waals surface area contributed by atoms with Crippen molar-refractivity contribution in [3.05, 3.63) is 35.1 Å². The van der Waals surface area contributed by atoms with Gasteiger partial charge in [-0.1, -0.05) is 38.8 Å². The molecule has 0 radical (unpaired) electrons. The molecule has 1 aliphatic rings. The Labute approximate surface area is 122 Å². The molecule has 2 rings (SSSR count). The minimum Gasteiger partial charge on any atom is -0.310 e. The van der Waals surface area contributed by atoms with E-state index in [9.17, 15) is 4.39 Å². The summed E-state index contributed by atoms with van der Waals surface area (Å²) in [7, 11) is 2.12. The van der Waals surface area contributed by atoms with E-state index >= 15 is 0 Å². The van der Waals surface area contributed by atoms with Crippen molar-refractivity contribution in [1.82, 2.24) is 10.2 Å². The summed E-state index contributed by atoms with van der Waals surface area (Å²) >= 11 is 0. The van der Waals surface area contributed by atoms with Gasteiger partial charge in [-0.05, 0) is 31.5 Å². The highest BCUT2D eigenvalue weighted by molar-refractivity contribution is 5.25. The van der Waals surface area contributed by atoms with Crippen molar-refractivity contribution in [1.29, 1.82) is 0 Å². The quantitative estimate of drug-likeness (QED) is 0.853. The van der Waals surface area contributed by atoms with Crippen LogP contribution in [0, 0.1) is 5.82 Å². The topological polar surface area (TPSA) is 15.3 Å². The molecule has 20 heavy (non-hydrogen) atoms. The minimum absolute atomic E-state index is 0.0804. The van der Waals surface area contributed by atoms with Crippen LogP contribution in [0.5, 0.6) is 0 Å². The lowest BCUT2D eigenvalue weighted by molar-refractivity contribution is 0.234. The molecule has 0 heterocycles. The lowest BCUT2D eigenvalue weighted by atomic mass is 10.1. The van der Waals surface area contributed by atoms with Gasteiger partial charge in [0.1, 0.15) is 5.82 Å². The molecule has 0 amide bonds. The molecule has 0 aliphatic heterocycles. The van der Waals surface area contributed by atoms with Crippen molar-refractivity contribution >= 4 is 0 Å². The average molecular weight is 278 g/mol. The van der Waals surface area contributed by atoms with Crippen molar-refractivity contribution < 1.29 is 4.39 Å². The highest BCUT2D eigenvalue weighted by Crippen LogP contribution is 2.24. The van der Waals surface area contributed by atoms with Crippen LogP contribution < -0.4 is 5.32 Å². The normalized spacial score (nSPS) is 16.5. The predicted molar refractivity (Wildman–Crippen MR) is 82.1 cm³/mol. The molecule has 1 aromatic carbocycles. The van der Waals surface area contributed by atoms with Crippen LogP contribution in [0.3, 0.4) is 0 Å². The van der Waals surface area contributed by atoms with Gasteiger partial charge in [-0.3, -0.25) is 4.90 Å². The summed E-state index contributed by atoms with van der Waals surface area (Å²) < 4.78 is 14.0. The molecule has 0 atom stereocenters. The molecule has 0 aromatic heterocycles. The van der Waals surface area contributed by atoms with Crippen LogP contribution in [0.15, 0.2) is 18.2 Å². The van der Waals surface area contributed by atoms with Crippen molar-refractivity contribution in [3.8, 4) is 0 Å². The summed E-state index contributed by atoms with van der Waals surface area (Å²) in [6.45, 7) is 5.76. The second kappa shape index (κ2) is 7.19. The second-order valence-electron chi connectivity index (χ2n) is 6.31.